The SMILES string of the molecule is COc1ccc(C(C)C)cc1-c1ccc2c(NC(=O)c3ccc(F)c(F)c3)n[nH]c2c1. The highest BCUT2D eigenvalue weighted by Gasteiger charge is 2.15. The normalized spacial score (nSPS) is 11.2. The first-order valence-corrected chi connectivity index (χ1v) is 9.80. The Labute approximate surface area is 178 Å². The third-order valence-corrected chi connectivity index (χ3v) is 5.18. The average Bonchev–Trinajstić information content (AvgIpc) is 3.16. The molecule has 31 heavy (non-hydrogen) atoms. The van der Waals surface area contributed by atoms with E-state index >= 15 is 0 Å². The quantitative estimate of drug-likeness (QED) is 0.422. The number of aromatic amines is 1. The topological polar surface area (TPSA) is 67.0 Å². The van der Waals surface area contributed by atoms with Crippen molar-refractivity contribution in [1.29, 1.82) is 0 Å². The molecule has 0 radical (unpaired) electrons. The number of H-pyrrole nitrogens is 1. The largest absolute Gasteiger partial charge is 0.496 e. The molecule has 4 aromatic rings. The number of amides is 1. The third kappa shape index (κ3) is 3.99. The first-order chi connectivity index (χ1) is 14.9. The molecule has 2 N–H and O–H groups in total. The van der Waals surface area contributed by atoms with Crippen molar-refractivity contribution in [2.24, 2.45) is 0 Å². The lowest BCUT2D eigenvalue weighted by Crippen LogP contribution is -2.13. The van der Waals surface area contributed by atoms with E-state index in [1.54, 1.807) is 7.11 Å². The van der Waals surface area contributed by atoms with Crippen LogP contribution >= 0.6 is 0 Å². The molecule has 4 rings (SSSR count). The maximum Gasteiger partial charge on any atom is 0.256 e. The zero-order chi connectivity index (χ0) is 22.1. The lowest BCUT2D eigenvalue weighted by Gasteiger charge is -2.13. The molecule has 5 nitrogen and oxygen atoms in total. The molecule has 0 aliphatic carbocycles. The molecule has 0 aliphatic heterocycles. The van der Waals surface area contributed by atoms with Crippen molar-refractivity contribution in [3.8, 4) is 16.9 Å². The first-order valence-electron chi connectivity index (χ1n) is 9.80. The first kappa shape index (κ1) is 20.5. The van der Waals surface area contributed by atoms with Crippen molar-refractivity contribution in [2.45, 2.75) is 19.8 Å². The summed E-state index contributed by atoms with van der Waals surface area (Å²) in [4.78, 5) is 12.4. The Bertz CT molecular complexity index is 1280. The Kier molecular flexibility index (Phi) is 5.42. The highest BCUT2D eigenvalue weighted by atomic mass is 19.2. The Morgan fingerprint density at radius 2 is 1.84 bits per heavy atom. The van der Waals surface area contributed by atoms with E-state index in [0.717, 1.165) is 34.5 Å². The predicted octanol–water partition coefficient (Wildman–Crippen LogP) is 5.89. The third-order valence-electron chi connectivity index (χ3n) is 5.18. The van der Waals surface area contributed by atoms with Gasteiger partial charge in [-0.2, -0.15) is 5.10 Å². The van der Waals surface area contributed by atoms with Gasteiger partial charge in [-0.3, -0.25) is 9.89 Å². The van der Waals surface area contributed by atoms with Gasteiger partial charge in [0.25, 0.3) is 5.91 Å². The lowest BCUT2D eigenvalue weighted by molar-refractivity contribution is 0.102. The predicted molar refractivity (Wildman–Crippen MR) is 116 cm³/mol. The van der Waals surface area contributed by atoms with E-state index < -0.39 is 17.5 Å². The van der Waals surface area contributed by atoms with Crippen LogP contribution in [0.1, 0.15) is 35.7 Å². The number of aromatic nitrogens is 2. The van der Waals surface area contributed by atoms with Crippen LogP contribution in [-0.2, 0) is 0 Å². The number of methoxy groups -OCH3 is 1. The van der Waals surface area contributed by atoms with Crippen LogP contribution in [0, 0.1) is 11.6 Å². The lowest BCUT2D eigenvalue weighted by atomic mass is 9.96. The van der Waals surface area contributed by atoms with Gasteiger partial charge in [0.05, 0.1) is 12.6 Å². The van der Waals surface area contributed by atoms with E-state index in [4.69, 9.17) is 4.74 Å². The molecule has 1 aromatic heterocycles. The number of fused-ring (bicyclic) bond motifs is 1. The second-order valence-electron chi connectivity index (χ2n) is 7.53. The van der Waals surface area contributed by atoms with E-state index in [1.165, 1.54) is 11.6 Å². The summed E-state index contributed by atoms with van der Waals surface area (Å²) in [6.07, 6.45) is 0. The monoisotopic (exact) mass is 421 g/mol. The summed E-state index contributed by atoms with van der Waals surface area (Å²) >= 11 is 0. The Morgan fingerprint density at radius 3 is 2.55 bits per heavy atom. The highest BCUT2D eigenvalue weighted by molar-refractivity contribution is 6.08. The van der Waals surface area contributed by atoms with Crippen LogP contribution in [0.15, 0.2) is 54.6 Å². The number of hydrogen-bond acceptors (Lipinski definition) is 3. The minimum Gasteiger partial charge on any atom is -0.496 e. The Morgan fingerprint density at radius 1 is 1.03 bits per heavy atom. The van der Waals surface area contributed by atoms with Crippen LogP contribution in [-0.4, -0.2) is 23.2 Å². The smallest absolute Gasteiger partial charge is 0.256 e. The number of nitrogens with zero attached hydrogens (tertiary/aromatic N) is 1. The second kappa shape index (κ2) is 8.18. The van der Waals surface area contributed by atoms with Crippen molar-refractivity contribution < 1.29 is 18.3 Å². The molecular weight excluding hydrogens is 400 g/mol. The van der Waals surface area contributed by atoms with Gasteiger partial charge < -0.3 is 10.1 Å². The van der Waals surface area contributed by atoms with E-state index in [2.05, 4.69) is 35.4 Å². The summed E-state index contributed by atoms with van der Waals surface area (Å²) in [5, 5.41) is 10.4. The molecule has 0 aliphatic rings. The second-order valence-corrected chi connectivity index (χ2v) is 7.53. The number of rotatable bonds is 5. The van der Waals surface area contributed by atoms with Crippen LogP contribution in [0.5, 0.6) is 5.75 Å². The van der Waals surface area contributed by atoms with Gasteiger partial charge >= 0.3 is 0 Å². The number of benzene rings is 3. The number of carbonyl (C=O) groups excluding carboxylic acids is 1. The molecule has 0 atom stereocenters. The van der Waals surface area contributed by atoms with Crippen molar-refractivity contribution in [3.05, 3.63) is 77.4 Å². The molecule has 0 saturated carbocycles. The molecule has 158 valence electrons. The standard InChI is InChI=1S/C24H21F2N3O2/c1-13(2)14-6-9-22(31-3)18(10-14)15-4-7-17-21(12-15)28-29-23(17)27-24(30)16-5-8-19(25)20(26)11-16/h4-13H,1-3H3,(H2,27,28,29,30). The molecule has 1 heterocycles. The summed E-state index contributed by atoms with van der Waals surface area (Å²) in [7, 11) is 1.63. The van der Waals surface area contributed by atoms with E-state index in [1.807, 2.05) is 30.3 Å². The number of hydrogen-bond donors (Lipinski definition) is 2. The van der Waals surface area contributed by atoms with Crippen LogP contribution in [0.2, 0.25) is 0 Å². The van der Waals surface area contributed by atoms with E-state index in [0.29, 0.717) is 17.1 Å². The summed E-state index contributed by atoms with van der Waals surface area (Å²) in [6.45, 7) is 4.26. The van der Waals surface area contributed by atoms with Gasteiger partial charge in [0.2, 0.25) is 0 Å². The average molecular weight is 421 g/mol. The Balaban J connectivity index is 1.67. The minimum atomic E-state index is -1.08. The van der Waals surface area contributed by atoms with Gasteiger partial charge in [0, 0.05) is 16.5 Å². The zero-order valence-electron chi connectivity index (χ0n) is 17.3. The number of ether oxygens (including phenoxy) is 1. The minimum absolute atomic E-state index is 0.00177. The van der Waals surface area contributed by atoms with E-state index in [-0.39, 0.29) is 5.56 Å². The molecule has 0 unspecified atom stereocenters. The van der Waals surface area contributed by atoms with E-state index in [9.17, 15) is 13.6 Å². The van der Waals surface area contributed by atoms with Gasteiger partial charge in [-0.15, -0.1) is 0 Å². The van der Waals surface area contributed by atoms with Gasteiger partial charge in [-0.1, -0.05) is 26.0 Å². The van der Waals surface area contributed by atoms with Crippen LogP contribution in [0.25, 0.3) is 22.0 Å². The van der Waals surface area contributed by atoms with Gasteiger partial charge in [-0.05, 0) is 59.5 Å². The van der Waals surface area contributed by atoms with Crippen molar-refractivity contribution >= 4 is 22.6 Å². The number of nitrogens with one attached hydrogen (secondary N) is 2. The number of halogens is 2. The Hall–Kier alpha value is -3.74. The summed E-state index contributed by atoms with van der Waals surface area (Å²) in [6, 6.07) is 14.8. The fraction of sp³-hybridized carbons (Fsp3) is 0.167. The molecule has 0 spiro atoms. The van der Waals surface area contributed by atoms with Crippen molar-refractivity contribution in [1.82, 2.24) is 10.2 Å². The van der Waals surface area contributed by atoms with Crippen molar-refractivity contribution in [2.75, 3.05) is 12.4 Å². The van der Waals surface area contributed by atoms with Crippen LogP contribution < -0.4 is 10.1 Å². The maximum absolute atomic E-state index is 13.4. The zero-order valence-corrected chi connectivity index (χ0v) is 17.3. The van der Waals surface area contributed by atoms with Gasteiger partial charge in [-0.25, -0.2) is 8.78 Å². The van der Waals surface area contributed by atoms with Crippen LogP contribution in [0.3, 0.4) is 0 Å². The molecule has 0 fully saturated rings. The highest BCUT2D eigenvalue weighted by Crippen LogP contribution is 2.35. The van der Waals surface area contributed by atoms with Crippen molar-refractivity contribution in [3.63, 3.8) is 0 Å². The van der Waals surface area contributed by atoms with Gasteiger partial charge in [0.15, 0.2) is 17.5 Å². The summed E-state index contributed by atoms with van der Waals surface area (Å²) in [5.41, 5.74) is 3.81. The molecule has 0 bridgehead atoms. The summed E-state index contributed by atoms with van der Waals surface area (Å²) < 4.78 is 32.1. The molecular formula is C24H21F2N3O2. The molecule has 0 saturated heterocycles. The fourth-order valence-electron chi connectivity index (χ4n) is 3.41. The molecule has 7 heteroatoms. The van der Waals surface area contributed by atoms with Gasteiger partial charge in [0.1, 0.15) is 5.75 Å². The molecule has 3 aromatic carbocycles. The van der Waals surface area contributed by atoms with Crippen LogP contribution in [0.4, 0.5) is 14.6 Å². The number of carbonyl (C=O) groups is 1. The molecule has 1 amide bonds. The number of anilines is 1. The fourth-order valence-corrected chi connectivity index (χ4v) is 3.41. The summed E-state index contributed by atoms with van der Waals surface area (Å²) in [5.74, 6) is -1.23. The maximum atomic E-state index is 13.4.